The second-order valence-corrected chi connectivity index (χ2v) is 5.16. The lowest BCUT2D eigenvalue weighted by atomic mass is 10.2. The van der Waals surface area contributed by atoms with Crippen molar-refractivity contribution in [3.63, 3.8) is 0 Å². The predicted molar refractivity (Wildman–Crippen MR) is 88.9 cm³/mol. The molecule has 0 radical (unpaired) electrons. The number of hydrogen-bond donors (Lipinski definition) is 1. The maximum Gasteiger partial charge on any atom is 0.260 e. The first-order valence-corrected chi connectivity index (χ1v) is 7.27. The highest BCUT2D eigenvalue weighted by Gasteiger charge is 2.14. The van der Waals surface area contributed by atoms with Gasteiger partial charge in [0.1, 0.15) is 17.3 Å². The number of benzene rings is 2. The molecule has 0 spiro atoms. The monoisotopic (exact) mass is 307 g/mol. The molecule has 0 aliphatic rings. The van der Waals surface area contributed by atoms with Crippen LogP contribution in [0.4, 0.5) is 5.82 Å². The van der Waals surface area contributed by atoms with E-state index in [0.717, 1.165) is 5.69 Å². The topological polar surface area (TPSA) is 56.1 Å². The minimum Gasteiger partial charge on any atom is -0.457 e. The van der Waals surface area contributed by atoms with Gasteiger partial charge in [0.15, 0.2) is 0 Å². The van der Waals surface area contributed by atoms with Crippen molar-refractivity contribution < 1.29 is 9.53 Å². The number of anilines is 1. The Morgan fingerprint density at radius 1 is 1.09 bits per heavy atom. The predicted octanol–water partition coefficient (Wildman–Crippen LogP) is 3.77. The molecule has 1 heterocycles. The second-order valence-electron chi connectivity index (χ2n) is 5.16. The fourth-order valence-electron chi connectivity index (χ4n) is 2.27. The summed E-state index contributed by atoms with van der Waals surface area (Å²) in [6.45, 7) is 1.88. The van der Waals surface area contributed by atoms with E-state index >= 15 is 0 Å². The fourth-order valence-corrected chi connectivity index (χ4v) is 2.27. The SMILES string of the molecule is Cc1cc(NC(=O)c2ccccc2Oc2ccccc2)n(C)n1. The zero-order chi connectivity index (χ0) is 16.2. The molecule has 0 aliphatic heterocycles. The summed E-state index contributed by atoms with van der Waals surface area (Å²) >= 11 is 0. The van der Waals surface area contributed by atoms with Crippen LogP contribution in [0.3, 0.4) is 0 Å². The van der Waals surface area contributed by atoms with Gasteiger partial charge in [-0.3, -0.25) is 9.48 Å². The molecular weight excluding hydrogens is 290 g/mol. The van der Waals surface area contributed by atoms with Crippen LogP contribution in [0.5, 0.6) is 11.5 Å². The highest BCUT2D eigenvalue weighted by Crippen LogP contribution is 2.25. The molecule has 0 fully saturated rings. The molecule has 1 aromatic heterocycles. The Morgan fingerprint density at radius 3 is 2.48 bits per heavy atom. The van der Waals surface area contributed by atoms with Crippen molar-refractivity contribution in [2.24, 2.45) is 7.05 Å². The smallest absolute Gasteiger partial charge is 0.260 e. The molecule has 0 unspecified atom stereocenters. The van der Waals surface area contributed by atoms with Crippen molar-refractivity contribution >= 4 is 11.7 Å². The Balaban J connectivity index is 1.85. The molecule has 0 saturated carbocycles. The maximum absolute atomic E-state index is 12.6. The van der Waals surface area contributed by atoms with Crippen molar-refractivity contribution in [3.05, 3.63) is 71.9 Å². The molecule has 0 saturated heterocycles. The highest BCUT2D eigenvalue weighted by molar-refractivity contribution is 6.05. The molecule has 3 aromatic rings. The molecule has 5 nitrogen and oxygen atoms in total. The van der Waals surface area contributed by atoms with Crippen molar-refractivity contribution in [2.45, 2.75) is 6.92 Å². The number of aromatic nitrogens is 2. The third-order valence-electron chi connectivity index (χ3n) is 3.35. The van der Waals surface area contributed by atoms with E-state index in [-0.39, 0.29) is 5.91 Å². The third kappa shape index (κ3) is 3.40. The van der Waals surface area contributed by atoms with Crippen LogP contribution >= 0.6 is 0 Å². The lowest BCUT2D eigenvalue weighted by molar-refractivity contribution is 0.102. The second kappa shape index (κ2) is 6.36. The number of ether oxygens (including phenoxy) is 1. The summed E-state index contributed by atoms with van der Waals surface area (Å²) < 4.78 is 7.45. The van der Waals surface area contributed by atoms with Gasteiger partial charge in [0, 0.05) is 13.1 Å². The Kier molecular flexibility index (Phi) is 4.10. The minimum absolute atomic E-state index is 0.237. The number of nitrogens with zero attached hydrogens (tertiary/aromatic N) is 2. The standard InChI is InChI=1S/C18H17N3O2/c1-13-12-17(21(2)20-13)19-18(22)15-10-6-7-11-16(15)23-14-8-4-3-5-9-14/h3-12H,1-2H3,(H,19,22). The molecular formula is C18H17N3O2. The summed E-state index contributed by atoms with van der Waals surface area (Å²) in [5, 5.41) is 7.07. The van der Waals surface area contributed by atoms with Gasteiger partial charge in [0.2, 0.25) is 0 Å². The number of carbonyl (C=O) groups excluding carboxylic acids is 1. The van der Waals surface area contributed by atoms with E-state index in [1.165, 1.54) is 0 Å². The summed E-state index contributed by atoms with van der Waals surface area (Å²) in [5.74, 6) is 1.60. The summed E-state index contributed by atoms with van der Waals surface area (Å²) in [7, 11) is 1.79. The number of aryl methyl sites for hydroxylation is 2. The third-order valence-corrected chi connectivity index (χ3v) is 3.35. The molecule has 0 aliphatic carbocycles. The van der Waals surface area contributed by atoms with Crippen molar-refractivity contribution in [1.29, 1.82) is 0 Å². The van der Waals surface area contributed by atoms with E-state index in [1.807, 2.05) is 49.4 Å². The van der Waals surface area contributed by atoms with Crippen molar-refractivity contribution in [3.8, 4) is 11.5 Å². The highest BCUT2D eigenvalue weighted by atomic mass is 16.5. The first-order chi connectivity index (χ1) is 11.1. The van der Waals surface area contributed by atoms with Crippen molar-refractivity contribution in [2.75, 3.05) is 5.32 Å². The van der Waals surface area contributed by atoms with E-state index in [0.29, 0.717) is 22.9 Å². The number of nitrogens with one attached hydrogen (secondary N) is 1. The van der Waals surface area contributed by atoms with Crippen LogP contribution in [-0.4, -0.2) is 15.7 Å². The molecule has 1 N–H and O–H groups in total. The minimum atomic E-state index is -0.237. The Bertz CT molecular complexity index is 825. The molecule has 3 rings (SSSR count). The molecule has 2 aromatic carbocycles. The van der Waals surface area contributed by atoms with Crippen LogP contribution in [0.15, 0.2) is 60.7 Å². The maximum atomic E-state index is 12.6. The Labute approximate surface area is 134 Å². The largest absolute Gasteiger partial charge is 0.457 e. The van der Waals surface area contributed by atoms with Crippen LogP contribution in [0.25, 0.3) is 0 Å². The van der Waals surface area contributed by atoms with Gasteiger partial charge in [-0.1, -0.05) is 30.3 Å². The first-order valence-electron chi connectivity index (χ1n) is 7.27. The normalized spacial score (nSPS) is 10.3. The Morgan fingerprint density at radius 2 is 1.78 bits per heavy atom. The van der Waals surface area contributed by atoms with Gasteiger partial charge in [-0.15, -0.1) is 0 Å². The molecule has 23 heavy (non-hydrogen) atoms. The summed E-state index contributed by atoms with van der Waals surface area (Å²) in [6, 6.07) is 18.3. The first kappa shape index (κ1) is 14.8. The lowest BCUT2D eigenvalue weighted by Gasteiger charge is -2.11. The lowest BCUT2D eigenvalue weighted by Crippen LogP contribution is -2.15. The van der Waals surface area contributed by atoms with E-state index in [1.54, 1.807) is 29.9 Å². The van der Waals surface area contributed by atoms with Crippen LogP contribution in [0.2, 0.25) is 0 Å². The number of rotatable bonds is 4. The number of para-hydroxylation sites is 2. The van der Waals surface area contributed by atoms with Gasteiger partial charge in [-0.2, -0.15) is 5.10 Å². The van der Waals surface area contributed by atoms with E-state index in [9.17, 15) is 4.79 Å². The van der Waals surface area contributed by atoms with Gasteiger partial charge < -0.3 is 10.1 Å². The van der Waals surface area contributed by atoms with Gasteiger partial charge in [-0.05, 0) is 31.2 Å². The number of amides is 1. The average molecular weight is 307 g/mol. The van der Waals surface area contributed by atoms with Gasteiger partial charge in [0.05, 0.1) is 11.3 Å². The van der Waals surface area contributed by atoms with E-state index in [4.69, 9.17) is 4.74 Å². The quantitative estimate of drug-likeness (QED) is 0.798. The van der Waals surface area contributed by atoms with E-state index < -0.39 is 0 Å². The van der Waals surface area contributed by atoms with Gasteiger partial charge in [-0.25, -0.2) is 0 Å². The zero-order valence-corrected chi connectivity index (χ0v) is 13.0. The van der Waals surface area contributed by atoms with E-state index in [2.05, 4.69) is 10.4 Å². The summed E-state index contributed by atoms with van der Waals surface area (Å²) in [6.07, 6.45) is 0. The summed E-state index contributed by atoms with van der Waals surface area (Å²) in [5.41, 5.74) is 1.31. The molecule has 5 heteroatoms. The Hall–Kier alpha value is -3.08. The summed E-state index contributed by atoms with van der Waals surface area (Å²) in [4.78, 5) is 12.6. The average Bonchev–Trinajstić information content (AvgIpc) is 2.86. The van der Waals surface area contributed by atoms with Crippen LogP contribution < -0.4 is 10.1 Å². The fraction of sp³-hybridized carbons (Fsp3) is 0.111. The van der Waals surface area contributed by atoms with Gasteiger partial charge in [0.25, 0.3) is 5.91 Å². The molecule has 0 bridgehead atoms. The molecule has 116 valence electrons. The number of carbonyl (C=O) groups is 1. The van der Waals surface area contributed by atoms with Crippen molar-refractivity contribution in [1.82, 2.24) is 9.78 Å². The van der Waals surface area contributed by atoms with Crippen LogP contribution in [0, 0.1) is 6.92 Å². The molecule has 1 amide bonds. The molecule has 0 atom stereocenters. The van der Waals surface area contributed by atoms with Crippen LogP contribution in [0.1, 0.15) is 16.1 Å². The van der Waals surface area contributed by atoms with Crippen LogP contribution in [-0.2, 0) is 7.05 Å². The number of hydrogen-bond acceptors (Lipinski definition) is 3. The zero-order valence-electron chi connectivity index (χ0n) is 13.0. The van der Waals surface area contributed by atoms with Gasteiger partial charge >= 0.3 is 0 Å².